The van der Waals surface area contributed by atoms with Crippen molar-refractivity contribution < 1.29 is 9.18 Å². The van der Waals surface area contributed by atoms with Gasteiger partial charge >= 0.3 is 0 Å². The third kappa shape index (κ3) is 4.07. The van der Waals surface area contributed by atoms with Crippen LogP contribution in [0.25, 0.3) is 22.3 Å². The zero-order valence-corrected chi connectivity index (χ0v) is 20.7. The number of carbonyl (C=O) groups is 1. The quantitative estimate of drug-likeness (QED) is 0.392. The number of aryl methyl sites for hydroxylation is 2. The van der Waals surface area contributed by atoms with Gasteiger partial charge in [0.1, 0.15) is 5.82 Å². The van der Waals surface area contributed by atoms with E-state index in [2.05, 4.69) is 43.8 Å². The molecule has 5 rings (SSSR count). The lowest BCUT2D eigenvalue weighted by Crippen LogP contribution is -2.48. The van der Waals surface area contributed by atoms with Gasteiger partial charge in [-0.25, -0.2) is 14.1 Å². The Hall–Kier alpha value is -3.26. The highest BCUT2D eigenvalue weighted by atomic mass is 32.1. The summed E-state index contributed by atoms with van der Waals surface area (Å²) in [7, 11) is 0. The predicted octanol–water partition coefficient (Wildman–Crippen LogP) is 5.46. The molecular formula is C26H28FN5OS. The lowest BCUT2D eigenvalue weighted by molar-refractivity contribution is 0.0748. The Kier molecular flexibility index (Phi) is 5.85. The van der Waals surface area contributed by atoms with Crippen LogP contribution in [0.4, 0.5) is 10.1 Å². The second-order valence-electron chi connectivity index (χ2n) is 9.06. The number of fused-ring (bicyclic) bond motifs is 1. The number of hydrogen-bond donors (Lipinski definition) is 0. The van der Waals surface area contributed by atoms with Gasteiger partial charge in [-0.3, -0.25) is 4.79 Å². The summed E-state index contributed by atoms with van der Waals surface area (Å²) >= 11 is 1.74. The monoisotopic (exact) mass is 477 g/mol. The SMILES string of the molecule is Cc1cc(-c2cc(C(=O)N3CCN(c4ccc(F)cc4)CC3)c3cnn(C(C)C)c3n2)c(C)s1. The molecule has 0 N–H and O–H groups in total. The number of amides is 1. The first-order chi connectivity index (χ1) is 16.3. The number of pyridine rings is 1. The molecule has 4 aromatic rings. The van der Waals surface area contributed by atoms with Gasteiger partial charge in [0.05, 0.1) is 22.8 Å². The highest BCUT2D eigenvalue weighted by Crippen LogP contribution is 2.33. The number of thiophene rings is 1. The molecular weight excluding hydrogens is 449 g/mol. The molecule has 1 aliphatic heterocycles. The maximum Gasteiger partial charge on any atom is 0.254 e. The van der Waals surface area contributed by atoms with Crippen LogP contribution in [0.2, 0.25) is 0 Å². The highest BCUT2D eigenvalue weighted by Gasteiger charge is 2.26. The van der Waals surface area contributed by atoms with E-state index in [0.717, 1.165) is 28.0 Å². The largest absolute Gasteiger partial charge is 0.368 e. The second-order valence-corrected chi connectivity index (χ2v) is 10.5. The molecule has 1 aromatic carbocycles. The van der Waals surface area contributed by atoms with E-state index in [9.17, 15) is 9.18 Å². The maximum atomic E-state index is 13.7. The van der Waals surface area contributed by atoms with Crippen LogP contribution in [0.5, 0.6) is 0 Å². The fraction of sp³-hybridized carbons (Fsp3) is 0.346. The van der Waals surface area contributed by atoms with Crippen molar-refractivity contribution in [3.63, 3.8) is 0 Å². The van der Waals surface area contributed by atoms with E-state index in [4.69, 9.17) is 4.98 Å². The fourth-order valence-corrected chi connectivity index (χ4v) is 5.52. The number of anilines is 1. The van der Waals surface area contributed by atoms with Crippen LogP contribution in [-0.2, 0) is 0 Å². The van der Waals surface area contributed by atoms with Crippen molar-refractivity contribution in [2.24, 2.45) is 0 Å². The lowest BCUT2D eigenvalue weighted by atomic mass is 10.1. The number of aromatic nitrogens is 3. The number of halogens is 1. The number of hydrogen-bond acceptors (Lipinski definition) is 5. The summed E-state index contributed by atoms with van der Waals surface area (Å²) in [6.07, 6.45) is 1.76. The van der Waals surface area contributed by atoms with E-state index < -0.39 is 0 Å². The van der Waals surface area contributed by atoms with Crippen molar-refractivity contribution >= 4 is 34.0 Å². The first-order valence-corrected chi connectivity index (χ1v) is 12.4. The minimum absolute atomic E-state index is 0.000293. The average Bonchev–Trinajstić information content (AvgIpc) is 3.41. The number of piperazine rings is 1. The van der Waals surface area contributed by atoms with Gasteiger partial charge in [0.25, 0.3) is 5.91 Å². The summed E-state index contributed by atoms with van der Waals surface area (Å²) in [6, 6.07) is 10.7. The number of nitrogens with zero attached hydrogens (tertiary/aromatic N) is 5. The topological polar surface area (TPSA) is 54.3 Å². The van der Waals surface area contributed by atoms with E-state index in [1.165, 1.54) is 21.9 Å². The van der Waals surface area contributed by atoms with Gasteiger partial charge in [-0.05, 0) is 64.1 Å². The van der Waals surface area contributed by atoms with Gasteiger partial charge in [0, 0.05) is 53.2 Å². The van der Waals surface area contributed by atoms with E-state index in [1.54, 1.807) is 29.7 Å². The Labute approximate surface area is 202 Å². The summed E-state index contributed by atoms with van der Waals surface area (Å²) < 4.78 is 15.2. The molecule has 0 unspecified atom stereocenters. The standard InChI is InChI=1S/C26H28FN5OS/c1-16(2)32-25-23(15-28-32)22(14-24(29-25)21-13-17(3)34-18(21)4)26(33)31-11-9-30(10-12-31)20-7-5-19(27)6-8-20/h5-8,13-16H,9-12H2,1-4H3. The molecule has 0 radical (unpaired) electrons. The molecule has 1 fully saturated rings. The molecule has 0 spiro atoms. The molecule has 0 atom stereocenters. The highest BCUT2D eigenvalue weighted by molar-refractivity contribution is 7.12. The van der Waals surface area contributed by atoms with Crippen LogP contribution in [0.15, 0.2) is 42.6 Å². The molecule has 1 aliphatic rings. The number of benzene rings is 1. The van der Waals surface area contributed by atoms with E-state index in [0.29, 0.717) is 31.7 Å². The van der Waals surface area contributed by atoms with Crippen LogP contribution in [0, 0.1) is 19.7 Å². The molecule has 176 valence electrons. The second kappa shape index (κ2) is 8.83. The van der Waals surface area contributed by atoms with E-state index >= 15 is 0 Å². The summed E-state index contributed by atoms with van der Waals surface area (Å²) in [4.78, 5) is 25.2. The molecule has 0 bridgehead atoms. The zero-order valence-electron chi connectivity index (χ0n) is 19.9. The van der Waals surface area contributed by atoms with Gasteiger partial charge in [-0.15, -0.1) is 11.3 Å². The van der Waals surface area contributed by atoms with Crippen LogP contribution < -0.4 is 4.90 Å². The van der Waals surface area contributed by atoms with E-state index in [1.807, 2.05) is 15.6 Å². The maximum absolute atomic E-state index is 13.7. The minimum Gasteiger partial charge on any atom is -0.368 e. The number of rotatable bonds is 4. The average molecular weight is 478 g/mol. The summed E-state index contributed by atoms with van der Waals surface area (Å²) in [6.45, 7) is 10.9. The van der Waals surface area contributed by atoms with Gasteiger partial charge < -0.3 is 9.80 Å². The Bertz CT molecular complexity index is 1350. The Morgan fingerprint density at radius 1 is 1.06 bits per heavy atom. The van der Waals surface area contributed by atoms with Gasteiger partial charge in [-0.2, -0.15) is 5.10 Å². The summed E-state index contributed by atoms with van der Waals surface area (Å²) in [5, 5.41) is 5.34. The number of carbonyl (C=O) groups excluding carboxylic acids is 1. The molecule has 1 amide bonds. The molecule has 8 heteroatoms. The van der Waals surface area contributed by atoms with Crippen LogP contribution in [-0.4, -0.2) is 51.8 Å². The molecule has 6 nitrogen and oxygen atoms in total. The van der Waals surface area contributed by atoms with Crippen molar-refractivity contribution in [3.05, 3.63) is 63.7 Å². The van der Waals surface area contributed by atoms with Crippen molar-refractivity contribution in [1.82, 2.24) is 19.7 Å². The zero-order chi connectivity index (χ0) is 24.0. The van der Waals surface area contributed by atoms with E-state index in [-0.39, 0.29) is 17.8 Å². The molecule has 34 heavy (non-hydrogen) atoms. The molecule has 1 saturated heterocycles. The molecule has 0 aliphatic carbocycles. The lowest BCUT2D eigenvalue weighted by Gasteiger charge is -2.36. The third-order valence-corrected chi connectivity index (χ3v) is 7.33. The Morgan fingerprint density at radius 3 is 2.38 bits per heavy atom. The van der Waals surface area contributed by atoms with Gasteiger partial charge in [0.15, 0.2) is 5.65 Å². The predicted molar refractivity (Wildman–Crippen MR) is 135 cm³/mol. The fourth-order valence-electron chi connectivity index (χ4n) is 4.59. The summed E-state index contributed by atoms with van der Waals surface area (Å²) in [5.41, 5.74) is 4.24. The summed E-state index contributed by atoms with van der Waals surface area (Å²) in [5.74, 6) is -0.242. The van der Waals surface area contributed by atoms with Gasteiger partial charge in [0.2, 0.25) is 0 Å². The third-order valence-electron chi connectivity index (χ3n) is 6.36. The van der Waals surface area contributed by atoms with Crippen molar-refractivity contribution in [1.29, 1.82) is 0 Å². The van der Waals surface area contributed by atoms with Crippen LogP contribution in [0.3, 0.4) is 0 Å². The van der Waals surface area contributed by atoms with Gasteiger partial charge in [-0.1, -0.05) is 0 Å². The molecule has 3 aromatic heterocycles. The first-order valence-electron chi connectivity index (χ1n) is 11.6. The smallest absolute Gasteiger partial charge is 0.254 e. The molecule has 0 saturated carbocycles. The van der Waals surface area contributed by atoms with Crippen molar-refractivity contribution in [2.45, 2.75) is 33.7 Å². The minimum atomic E-state index is -0.243. The Morgan fingerprint density at radius 2 is 1.76 bits per heavy atom. The van der Waals surface area contributed by atoms with Crippen LogP contribution >= 0.6 is 11.3 Å². The Balaban J connectivity index is 1.48. The van der Waals surface area contributed by atoms with Crippen LogP contribution in [0.1, 0.15) is 40.0 Å². The normalized spacial score (nSPS) is 14.4. The molecule has 4 heterocycles. The first kappa shape index (κ1) is 22.5. The van der Waals surface area contributed by atoms with Crippen molar-refractivity contribution in [2.75, 3.05) is 31.1 Å². The van der Waals surface area contributed by atoms with Crippen molar-refractivity contribution in [3.8, 4) is 11.3 Å².